The SMILES string of the molecule is CCCC(CC)OC(=O)C1CC2OC2CC1C(=O)O. The molecule has 5 unspecified atom stereocenters. The number of carbonyl (C=O) groups is 2. The lowest BCUT2D eigenvalue weighted by atomic mass is 9.79. The van der Waals surface area contributed by atoms with E-state index in [4.69, 9.17) is 9.47 Å². The number of ether oxygens (including phenoxy) is 2. The first-order chi connectivity index (χ1) is 9.06. The van der Waals surface area contributed by atoms with Gasteiger partial charge in [-0.25, -0.2) is 0 Å². The number of carboxylic acids is 1. The van der Waals surface area contributed by atoms with Gasteiger partial charge in [0.25, 0.3) is 0 Å². The molecule has 1 saturated carbocycles. The fraction of sp³-hybridized carbons (Fsp3) is 0.857. The summed E-state index contributed by atoms with van der Waals surface area (Å²) in [6.07, 6.45) is 3.49. The Hall–Kier alpha value is -1.10. The van der Waals surface area contributed by atoms with Crippen molar-refractivity contribution in [2.24, 2.45) is 11.8 Å². The van der Waals surface area contributed by atoms with Gasteiger partial charge in [-0.3, -0.25) is 9.59 Å². The van der Waals surface area contributed by atoms with Gasteiger partial charge >= 0.3 is 11.9 Å². The summed E-state index contributed by atoms with van der Waals surface area (Å²) in [5, 5.41) is 9.23. The van der Waals surface area contributed by atoms with E-state index in [2.05, 4.69) is 0 Å². The van der Waals surface area contributed by atoms with Crippen molar-refractivity contribution in [1.82, 2.24) is 0 Å². The number of carboxylic acid groups (broad SMARTS) is 1. The van der Waals surface area contributed by atoms with E-state index in [0.717, 1.165) is 19.3 Å². The third-order valence-corrected chi connectivity index (χ3v) is 4.11. The van der Waals surface area contributed by atoms with Crippen molar-refractivity contribution in [3.05, 3.63) is 0 Å². The summed E-state index contributed by atoms with van der Waals surface area (Å²) >= 11 is 0. The predicted molar refractivity (Wildman–Crippen MR) is 67.6 cm³/mol. The molecule has 1 aliphatic heterocycles. The molecule has 0 bridgehead atoms. The molecule has 0 aromatic carbocycles. The molecule has 2 rings (SSSR count). The molecule has 1 heterocycles. The van der Waals surface area contributed by atoms with Gasteiger partial charge in [-0.1, -0.05) is 20.3 Å². The molecule has 0 radical (unpaired) electrons. The highest BCUT2D eigenvalue weighted by Gasteiger charge is 2.53. The molecule has 0 aromatic heterocycles. The van der Waals surface area contributed by atoms with E-state index in [-0.39, 0.29) is 24.3 Å². The molecule has 5 heteroatoms. The maximum absolute atomic E-state index is 12.2. The van der Waals surface area contributed by atoms with Crippen LogP contribution in [0.25, 0.3) is 0 Å². The third-order valence-electron chi connectivity index (χ3n) is 4.11. The molecule has 2 fully saturated rings. The van der Waals surface area contributed by atoms with E-state index in [1.54, 1.807) is 0 Å². The van der Waals surface area contributed by atoms with Crippen molar-refractivity contribution in [3.63, 3.8) is 0 Å². The summed E-state index contributed by atoms with van der Waals surface area (Å²) in [5.74, 6) is -2.48. The van der Waals surface area contributed by atoms with Gasteiger partial charge in [0.05, 0.1) is 24.0 Å². The second-order valence-corrected chi connectivity index (χ2v) is 5.49. The first kappa shape index (κ1) is 14.3. The van der Waals surface area contributed by atoms with Crippen LogP contribution in [0, 0.1) is 11.8 Å². The molecule has 5 nitrogen and oxygen atoms in total. The first-order valence-corrected chi connectivity index (χ1v) is 7.15. The second kappa shape index (κ2) is 5.90. The van der Waals surface area contributed by atoms with Gasteiger partial charge < -0.3 is 14.6 Å². The molecule has 1 saturated heterocycles. The van der Waals surface area contributed by atoms with Crippen molar-refractivity contribution in [2.75, 3.05) is 0 Å². The Morgan fingerprint density at radius 1 is 1.26 bits per heavy atom. The van der Waals surface area contributed by atoms with E-state index in [1.165, 1.54) is 0 Å². The van der Waals surface area contributed by atoms with E-state index >= 15 is 0 Å². The van der Waals surface area contributed by atoms with Crippen LogP contribution in [0.5, 0.6) is 0 Å². The highest BCUT2D eigenvalue weighted by atomic mass is 16.6. The van der Waals surface area contributed by atoms with Gasteiger partial charge in [0.2, 0.25) is 0 Å². The lowest BCUT2D eigenvalue weighted by molar-refractivity contribution is -0.163. The number of hydrogen-bond donors (Lipinski definition) is 1. The number of carbonyl (C=O) groups excluding carboxylic acids is 1. The maximum atomic E-state index is 12.2. The number of epoxide rings is 1. The summed E-state index contributed by atoms with van der Waals surface area (Å²) in [6.45, 7) is 4.02. The van der Waals surface area contributed by atoms with E-state index in [0.29, 0.717) is 12.8 Å². The van der Waals surface area contributed by atoms with Crippen LogP contribution in [0.1, 0.15) is 46.0 Å². The zero-order valence-electron chi connectivity index (χ0n) is 11.5. The lowest BCUT2D eigenvalue weighted by Crippen LogP contribution is -2.38. The van der Waals surface area contributed by atoms with E-state index in [1.807, 2.05) is 13.8 Å². The highest BCUT2D eigenvalue weighted by molar-refractivity contribution is 5.81. The van der Waals surface area contributed by atoms with Gasteiger partial charge in [-0.2, -0.15) is 0 Å². The fourth-order valence-electron chi connectivity index (χ4n) is 2.88. The minimum Gasteiger partial charge on any atom is -0.481 e. The minimum atomic E-state index is -0.917. The lowest BCUT2D eigenvalue weighted by Gasteiger charge is -2.26. The molecular weight excluding hydrogens is 248 g/mol. The summed E-state index contributed by atoms with van der Waals surface area (Å²) in [6, 6.07) is 0. The van der Waals surface area contributed by atoms with Crippen LogP contribution >= 0.6 is 0 Å². The Balaban J connectivity index is 1.97. The van der Waals surface area contributed by atoms with Crippen LogP contribution in [0.2, 0.25) is 0 Å². The Labute approximate surface area is 113 Å². The molecule has 0 aromatic rings. The Kier molecular flexibility index (Phi) is 4.45. The number of rotatable bonds is 6. The van der Waals surface area contributed by atoms with Crippen molar-refractivity contribution < 1.29 is 24.2 Å². The Bertz CT molecular complexity index is 354. The third kappa shape index (κ3) is 3.26. The number of hydrogen-bond acceptors (Lipinski definition) is 4. The topological polar surface area (TPSA) is 76.1 Å². The van der Waals surface area contributed by atoms with Crippen LogP contribution in [0.3, 0.4) is 0 Å². The van der Waals surface area contributed by atoms with E-state index in [9.17, 15) is 14.7 Å². The van der Waals surface area contributed by atoms with Gasteiger partial charge in [-0.15, -0.1) is 0 Å². The normalized spacial score (nSPS) is 34.2. The van der Waals surface area contributed by atoms with Gasteiger partial charge in [0, 0.05) is 0 Å². The Morgan fingerprint density at radius 2 is 1.89 bits per heavy atom. The summed E-state index contributed by atoms with van der Waals surface area (Å²) in [7, 11) is 0. The van der Waals surface area contributed by atoms with Crippen LogP contribution in [-0.4, -0.2) is 35.4 Å². The van der Waals surface area contributed by atoms with Crippen LogP contribution in [0.4, 0.5) is 0 Å². The zero-order valence-corrected chi connectivity index (χ0v) is 11.5. The van der Waals surface area contributed by atoms with Gasteiger partial charge in [-0.05, 0) is 25.7 Å². The second-order valence-electron chi connectivity index (χ2n) is 5.49. The predicted octanol–water partition coefficient (Wildman–Crippen LogP) is 1.99. The highest BCUT2D eigenvalue weighted by Crippen LogP contribution is 2.43. The standard InChI is InChI=1S/C14H22O5/c1-3-5-8(4-2)18-14(17)10-7-12-11(19-12)6-9(10)13(15)16/h8-12H,3-7H2,1-2H3,(H,15,16). The molecular formula is C14H22O5. The van der Waals surface area contributed by atoms with Crippen molar-refractivity contribution in [1.29, 1.82) is 0 Å². The number of fused-ring (bicyclic) bond motifs is 1. The summed E-state index contributed by atoms with van der Waals surface area (Å²) < 4.78 is 10.8. The molecule has 1 N–H and O–H groups in total. The monoisotopic (exact) mass is 270 g/mol. The van der Waals surface area contributed by atoms with Crippen LogP contribution in [-0.2, 0) is 19.1 Å². The largest absolute Gasteiger partial charge is 0.481 e. The molecule has 1 aliphatic carbocycles. The Morgan fingerprint density at radius 3 is 2.42 bits per heavy atom. The minimum absolute atomic E-state index is 0.0442. The molecule has 2 aliphatic rings. The quantitative estimate of drug-likeness (QED) is 0.590. The molecule has 0 spiro atoms. The smallest absolute Gasteiger partial charge is 0.310 e. The van der Waals surface area contributed by atoms with Crippen LogP contribution < -0.4 is 0 Å². The average molecular weight is 270 g/mol. The van der Waals surface area contributed by atoms with Gasteiger partial charge in [0.15, 0.2) is 0 Å². The fourth-order valence-corrected chi connectivity index (χ4v) is 2.88. The molecule has 0 amide bonds. The zero-order chi connectivity index (χ0) is 14.0. The van der Waals surface area contributed by atoms with Crippen LogP contribution in [0.15, 0.2) is 0 Å². The summed E-state index contributed by atoms with van der Waals surface area (Å²) in [4.78, 5) is 23.4. The molecule has 108 valence electrons. The summed E-state index contributed by atoms with van der Waals surface area (Å²) in [5.41, 5.74) is 0. The number of aliphatic carboxylic acids is 1. The maximum Gasteiger partial charge on any atom is 0.310 e. The molecule has 5 atom stereocenters. The van der Waals surface area contributed by atoms with Crippen molar-refractivity contribution >= 4 is 11.9 Å². The van der Waals surface area contributed by atoms with Gasteiger partial charge in [0.1, 0.15) is 6.10 Å². The average Bonchev–Trinajstić information content (AvgIpc) is 3.14. The van der Waals surface area contributed by atoms with Crippen molar-refractivity contribution in [3.8, 4) is 0 Å². The van der Waals surface area contributed by atoms with Crippen molar-refractivity contribution in [2.45, 2.75) is 64.3 Å². The first-order valence-electron chi connectivity index (χ1n) is 7.15. The molecule has 19 heavy (non-hydrogen) atoms. The van der Waals surface area contributed by atoms with E-state index < -0.39 is 17.8 Å². The number of esters is 1.